The number of nitrogens with one attached hydrogen (secondary N) is 1. The zero-order valence-electron chi connectivity index (χ0n) is 12.8. The van der Waals surface area contributed by atoms with E-state index in [0.717, 1.165) is 12.3 Å². The van der Waals surface area contributed by atoms with E-state index in [9.17, 15) is 25.0 Å². The highest BCUT2D eigenvalue weighted by Gasteiger charge is 2.20. The molecule has 0 fully saturated rings. The number of carbonyl (C=O) groups is 1. The van der Waals surface area contributed by atoms with Gasteiger partial charge < -0.3 is 9.15 Å². The van der Waals surface area contributed by atoms with Crippen molar-refractivity contribution < 1.29 is 23.8 Å². The number of carbonyl (C=O) groups excluding carboxylic acids is 1. The number of hydrogen-bond acceptors (Lipinski definition) is 8. The second-order valence-electron chi connectivity index (χ2n) is 4.65. The van der Waals surface area contributed by atoms with Crippen LogP contribution in [0, 0.1) is 20.2 Å². The van der Waals surface area contributed by atoms with Gasteiger partial charge in [-0.05, 0) is 19.1 Å². The summed E-state index contributed by atoms with van der Waals surface area (Å²) in [5.74, 6) is -1.11. The molecule has 11 nitrogen and oxygen atoms in total. The molecule has 0 spiro atoms. The minimum Gasteiger partial charge on any atom is -0.474 e. The molecule has 0 aliphatic carbocycles. The van der Waals surface area contributed by atoms with Crippen LogP contribution in [0.25, 0.3) is 0 Å². The standard InChI is InChI=1S/C14H12N4O7/c1-9(24-12-5-3-2-4-11(12)17(20)21)14(19)16-15-8-10-6-7-13(25-10)18(22)23/h2-9H,1H3,(H,16,19)/b15-8+. The van der Waals surface area contributed by atoms with Gasteiger partial charge in [0, 0.05) is 6.07 Å². The Morgan fingerprint density at radius 3 is 2.60 bits per heavy atom. The lowest BCUT2D eigenvalue weighted by atomic mass is 10.3. The molecule has 0 aliphatic rings. The third kappa shape index (κ3) is 4.60. The van der Waals surface area contributed by atoms with Gasteiger partial charge in [0.05, 0.1) is 17.2 Å². The van der Waals surface area contributed by atoms with E-state index < -0.39 is 27.7 Å². The van der Waals surface area contributed by atoms with Crippen molar-refractivity contribution in [3.8, 4) is 5.75 Å². The lowest BCUT2D eigenvalue weighted by Gasteiger charge is -2.12. The SMILES string of the molecule is CC(Oc1ccccc1[N+](=O)[O-])C(=O)N/N=C/c1ccc([N+](=O)[O-])o1. The Morgan fingerprint density at radius 1 is 1.24 bits per heavy atom. The lowest BCUT2D eigenvalue weighted by Crippen LogP contribution is -2.33. The smallest absolute Gasteiger partial charge is 0.433 e. The first-order chi connectivity index (χ1) is 11.9. The van der Waals surface area contributed by atoms with Crippen LogP contribution < -0.4 is 10.2 Å². The quantitative estimate of drug-likeness (QED) is 0.456. The number of furan rings is 1. The van der Waals surface area contributed by atoms with Crippen molar-refractivity contribution in [1.82, 2.24) is 5.43 Å². The molecule has 1 aromatic heterocycles. The molecule has 1 N–H and O–H groups in total. The highest BCUT2D eigenvalue weighted by Crippen LogP contribution is 2.26. The van der Waals surface area contributed by atoms with E-state index in [-0.39, 0.29) is 17.2 Å². The minimum absolute atomic E-state index is 0.0548. The first-order valence-corrected chi connectivity index (χ1v) is 6.85. The van der Waals surface area contributed by atoms with Crippen molar-refractivity contribution >= 4 is 23.7 Å². The molecule has 1 atom stereocenters. The summed E-state index contributed by atoms with van der Waals surface area (Å²) in [6, 6.07) is 8.08. The fraction of sp³-hybridized carbons (Fsp3) is 0.143. The summed E-state index contributed by atoms with van der Waals surface area (Å²) in [5, 5.41) is 24.9. The summed E-state index contributed by atoms with van der Waals surface area (Å²) < 4.78 is 10.1. The monoisotopic (exact) mass is 348 g/mol. The summed E-state index contributed by atoms with van der Waals surface area (Å²) >= 11 is 0. The number of rotatable bonds is 7. The number of nitrogens with zero attached hydrogens (tertiary/aromatic N) is 3. The molecule has 0 radical (unpaired) electrons. The molecule has 1 amide bonds. The van der Waals surface area contributed by atoms with E-state index >= 15 is 0 Å². The van der Waals surface area contributed by atoms with E-state index in [0.29, 0.717) is 0 Å². The topological polar surface area (TPSA) is 150 Å². The molecular formula is C14H12N4O7. The number of hydrazone groups is 1. The molecule has 0 saturated carbocycles. The Morgan fingerprint density at radius 2 is 1.96 bits per heavy atom. The number of para-hydroxylation sites is 2. The molecule has 1 heterocycles. The third-order valence-corrected chi connectivity index (χ3v) is 2.89. The molecule has 0 aliphatic heterocycles. The van der Waals surface area contributed by atoms with Crippen molar-refractivity contribution in [2.45, 2.75) is 13.0 Å². The molecule has 11 heteroatoms. The molecule has 0 bridgehead atoms. The van der Waals surface area contributed by atoms with Crippen molar-refractivity contribution in [3.05, 3.63) is 62.4 Å². The van der Waals surface area contributed by atoms with Gasteiger partial charge in [-0.3, -0.25) is 25.0 Å². The zero-order valence-corrected chi connectivity index (χ0v) is 12.8. The molecule has 1 unspecified atom stereocenters. The van der Waals surface area contributed by atoms with Crippen LogP contribution >= 0.6 is 0 Å². The van der Waals surface area contributed by atoms with Gasteiger partial charge in [0.2, 0.25) is 0 Å². The second kappa shape index (κ2) is 7.68. The van der Waals surface area contributed by atoms with Crippen molar-refractivity contribution in [2.24, 2.45) is 5.10 Å². The zero-order chi connectivity index (χ0) is 18.4. The molecule has 130 valence electrons. The predicted molar refractivity (Wildman–Crippen MR) is 84.3 cm³/mol. The first kappa shape index (κ1) is 17.6. The van der Waals surface area contributed by atoms with E-state index in [1.54, 1.807) is 0 Å². The van der Waals surface area contributed by atoms with Gasteiger partial charge in [-0.1, -0.05) is 12.1 Å². The van der Waals surface area contributed by atoms with Crippen LogP contribution in [-0.2, 0) is 4.79 Å². The van der Waals surface area contributed by atoms with Gasteiger partial charge >= 0.3 is 11.6 Å². The van der Waals surface area contributed by atoms with Crippen molar-refractivity contribution in [3.63, 3.8) is 0 Å². The number of amides is 1. The Kier molecular flexibility index (Phi) is 5.40. The van der Waals surface area contributed by atoms with E-state index in [1.165, 1.54) is 37.3 Å². The average molecular weight is 348 g/mol. The maximum atomic E-state index is 11.9. The van der Waals surface area contributed by atoms with E-state index in [2.05, 4.69) is 10.5 Å². The van der Waals surface area contributed by atoms with Gasteiger partial charge in [-0.2, -0.15) is 5.10 Å². The molecule has 0 saturated heterocycles. The lowest BCUT2D eigenvalue weighted by molar-refractivity contribution is -0.402. The maximum Gasteiger partial charge on any atom is 0.433 e. The summed E-state index contributed by atoms with van der Waals surface area (Å²) in [5.41, 5.74) is 1.87. The van der Waals surface area contributed by atoms with Crippen LogP contribution in [0.3, 0.4) is 0 Å². The number of nitro benzene ring substituents is 1. The summed E-state index contributed by atoms with van der Waals surface area (Å²) in [6.45, 7) is 1.39. The largest absolute Gasteiger partial charge is 0.474 e. The Balaban J connectivity index is 1.95. The number of benzene rings is 1. The minimum atomic E-state index is -1.07. The summed E-state index contributed by atoms with van der Waals surface area (Å²) in [6.07, 6.45) is 0.00644. The molecule has 2 aromatic rings. The molecule has 25 heavy (non-hydrogen) atoms. The molecule has 1 aromatic carbocycles. The highest BCUT2D eigenvalue weighted by atomic mass is 16.6. The van der Waals surface area contributed by atoms with Crippen LogP contribution in [0.15, 0.2) is 45.9 Å². The van der Waals surface area contributed by atoms with Gasteiger partial charge in [0.25, 0.3) is 5.91 Å². The van der Waals surface area contributed by atoms with Gasteiger partial charge in [-0.15, -0.1) is 0 Å². The maximum absolute atomic E-state index is 11.9. The molecule has 2 rings (SSSR count). The predicted octanol–water partition coefficient (Wildman–Crippen LogP) is 2.01. The summed E-state index contributed by atoms with van der Waals surface area (Å²) in [7, 11) is 0. The second-order valence-corrected chi connectivity index (χ2v) is 4.65. The van der Waals surface area contributed by atoms with Gasteiger partial charge in [-0.25, -0.2) is 5.43 Å². The average Bonchev–Trinajstić information content (AvgIpc) is 3.04. The fourth-order valence-electron chi connectivity index (χ4n) is 1.71. The van der Waals surface area contributed by atoms with Crippen molar-refractivity contribution in [2.75, 3.05) is 0 Å². The number of hydrogen-bond donors (Lipinski definition) is 1. The van der Waals surface area contributed by atoms with Gasteiger partial charge in [0.1, 0.15) is 4.92 Å². The number of nitro groups is 2. The Bertz CT molecular complexity index is 830. The van der Waals surface area contributed by atoms with Crippen LogP contribution in [-0.4, -0.2) is 28.1 Å². The van der Waals surface area contributed by atoms with Gasteiger partial charge in [0.15, 0.2) is 17.6 Å². The Labute approximate surface area is 140 Å². The normalized spacial score (nSPS) is 11.9. The molecular weight excluding hydrogens is 336 g/mol. The number of ether oxygens (including phenoxy) is 1. The van der Waals surface area contributed by atoms with E-state index in [1.807, 2.05) is 0 Å². The third-order valence-electron chi connectivity index (χ3n) is 2.89. The van der Waals surface area contributed by atoms with Crippen LogP contribution in [0.2, 0.25) is 0 Å². The van der Waals surface area contributed by atoms with Crippen molar-refractivity contribution in [1.29, 1.82) is 0 Å². The highest BCUT2D eigenvalue weighted by molar-refractivity contribution is 5.83. The van der Waals surface area contributed by atoms with Crippen LogP contribution in [0.5, 0.6) is 5.75 Å². The van der Waals surface area contributed by atoms with Crippen LogP contribution in [0.4, 0.5) is 11.6 Å². The summed E-state index contributed by atoms with van der Waals surface area (Å²) in [4.78, 5) is 31.9. The Hall–Kier alpha value is -3.76. The van der Waals surface area contributed by atoms with E-state index in [4.69, 9.17) is 9.15 Å². The fourth-order valence-corrected chi connectivity index (χ4v) is 1.71. The van der Waals surface area contributed by atoms with Crippen LogP contribution in [0.1, 0.15) is 12.7 Å². The first-order valence-electron chi connectivity index (χ1n) is 6.85.